The third kappa shape index (κ3) is 1.14. The van der Waals surface area contributed by atoms with Crippen molar-refractivity contribution in [3.8, 4) is 11.5 Å². The van der Waals surface area contributed by atoms with Gasteiger partial charge in [-0.05, 0) is 29.7 Å². The van der Waals surface area contributed by atoms with E-state index in [4.69, 9.17) is 5.73 Å². The summed E-state index contributed by atoms with van der Waals surface area (Å²) in [6.45, 7) is 0. The van der Waals surface area contributed by atoms with Crippen molar-refractivity contribution >= 4 is 16.5 Å². The molecule has 0 unspecified atom stereocenters. The molecule has 2 aromatic carbocycles. The second kappa shape index (κ2) is 2.55. The van der Waals surface area contributed by atoms with E-state index >= 15 is 0 Å². The van der Waals surface area contributed by atoms with E-state index in [1.807, 2.05) is 0 Å². The Morgan fingerprint density at radius 2 is 1.77 bits per heavy atom. The fraction of sp³-hybridized carbons (Fsp3) is 0. The molecule has 0 saturated heterocycles. The Bertz CT molecular complexity index is 466. The predicted octanol–water partition coefficient (Wildman–Crippen LogP) is 1.83. The highest BCUT2D eigenvalue weighted by Crippen LogP contribution is 2.33. The molecule has 0 spiro atoms. The van der Waals surface area contributed by atoms with E-state index in [0.717, 1.165) is 5.39 Å². The molecule has 0 bridgehead atoms. The van der Waals surface area contributed by atoms with Gasteiger partial charge in [0, 0.05) is 11.1 Å². The average molecular weight is 175 g/mol. The molecule has 0 aliphatic carbocycles. The first-order valence-corrected chi connectivity index (χ1v) is 3.88. The molecule has 0 saturated carbocycles. The number of benzene rings is 2. The van der Waals surface area contributed by atoms with E-state index in [-0.39, 0.29) is 11.5 Å². The highest BCUT2D eigenvalue weighted by atomic mass is 16.3. The van der Waals surface area contributed by atoms with Crippen molar-refractivity contribution in [1.29, 1.82) is 0 Å². The topological polar surface area (TPSA) is 66.5 Å². The van der Waals surface area contributed by atoms with Crippen molar-refractivity contribution < 1.29 is 10.2 Å². The summed E-state index contributed by atoms with van der Waals surface area (Å²) in [6, 6.07) is 8.26. The number of anilines is 1. The second-order valence-electron chi connectivity index (χ2n) is 2.91. The molecule has 66 valence electrons. The molecule has 0 aromatic heterocycles. The number of nitrogens with two attached hydrogens (primary N) is 1. The van der Waals surface area contributed by atoms with E-state index in [1.54, 1.807) is 24.3 Å². The molecule has 0 aliphatic rings. The number of hydrogen-bond donors (Lipinski definition) is 3. The molecule has 0 heterocycles. The zero-order valence-electron chi connectivity index (χ0n) is 6.86. The third-order valence-corrected chi connectivity index (χ3v) is 1.99. The molecule has 0 atom stereocenters. The average Bonchev–Trinajstić information content (AvgIpc) is 2.12. The van der Waals surface area contributed by atoms with Crippen molar-refractivity contribution in [3.63, 3.8) is 0 Å². The first kappa shape index (κ1) is 7.73. The summed E-state index contributed by atoms with van der Waals surface area (Å²) in [6.07, 6.45) is 0. The largest absolute Gasteiger partial charge is 0.504 e. The molecule has 0 fully saturated rings. The molecular formula is C10H9NO2. The van der Waals surface area contributed by atoms with Crippen LogP contribution < -0.4 is 5.73 Å². The van der Waals surface area contributed by atoms with Gasteiger partial charge in [-0.2, -0.15) is 0 Å². The van der Waals surface area contributed by atoms with Gasteiger partial charge >= 0.3 is 0 Å². The van der Waals surface area contributed by atoms with Crippen LogP contribution in [0.4, 0.5) is 5.69 Å². The number of nitrogen functional groups attached to an aromatic ring is 1. The van der Waals surface area contributed by atoms with Crippen LogP contribution in [0, 0.1) is 0 Å². The molecule has 4 N–H and O–H groups in total. The summed E-state index contributed by atoms with van der Waals surface area (Å²) < 4.78 is 0. The summed E-state index contributed by atoms with van der Waals surface area (Å²) in [4.78, 5) is 0. The number of phenolic OH excluding ortho intramolecular Hbond substituents is 2. The van der Waals surface area contributed by atoms with Gasteiger partial charge in [0.2, 0.25) is 0 Å². The third-order valence-electron chi connectivity index (χ3n) is 1.99. The lowest BCUT2D eigenvalue weighted by atomic mass is 10.1. The van der Waals surface area contributed by atoms with Crippen LogP contribution in [0.15, 0.2) is 30.3 Å². The molecular weight excluding hydrogens is 166 g/mol. The number of aromatic hydroxyl groups is 2. The van der Waals surface area contributed by atoms with E-state index in [1.165, 1.54) is 6.07 Å². The van der Waals surface area contributed by atoms with E-state index in [2.05, 4.69) is 0 Å². The number of phenols is 2. The summed E-state index contributed by atoms with van der Waals surface area (Å²) >= 11 is 0. The summed E-state index contributed by atoms with van der Waals surface area (Å²) in [5.74, 6) is -0.213. The molecule has 3 nitrogen and oxygen atoms in total. The SMILES string of the molecule is Nc1ccc2c(O)c(O)ccc2c1. The Morgan fingerprint density at radius 1 is 1.00 bits per heavy atom. The lowest BCUT2D eigenvalue weighted by Crippen LogP contribution is -1.83. The Morgan fingerprint density at radius 3 is 2.54 bits per heavy atom. The van der Waals surface area contributed by atoms with Crippen molar-refractivity contribution in [2.24, 2.45) is 0 Å². The summed E-state index contributed by atoms with van der Waals surface area (Å²) in [5, 5.41) is 20.1. The molecule has 0 amide bonds. The van der Waals surface area contributed by atoms with Gasteiger partial charge in [-0.1, -0.05) is 6.07 Å². The van der Waals surface area contributed by atoms with Gasteiger partial charge in [0.05, 0.1) is 0 Å². The number of rotatable bonds is 0. The molecule has 3 heteroatoms. The van der Waals surface area contributed by atoms with Gasteiger partial charge in [0.1, 0.15) is 0 Å². The van der Waals surface area contributed by atoms with Crippen LogP contribution in [0.5, 0.6) is 11.5 Å². The minimum atomic E-state index is -0.114. The minimum Gasteiger partial charge on any atom is -0.504 e. The minimum absolute atomic E-state index is 0.0995. The molecule has 13 heavy (non-hydrogen) atoms. The van der Waals surface area contributed by atoms with E-state index in [9.17, 15) is 10.2 Å². The first-order chi connectivity index (χ1) is 6.18. The smallest absolute Gasteiger partial charge is 0.165 e. The highest BCUT2D eigenvalue weighted by molar-refractivity contribution is 5.92. The van der Waals surface area contributed by atoms with Gasteiger partial charge in [0.15, 0.2) is 11.5 Å². The van der Waals surface area contributed by atoms with Crippen LogP contribution in [0.1, 0.15) is 0 Å². The molecule has 2 rings (SSSR count). The van der Waals surface area contributed by atoms with E-state index in [0.29, 0.717) is 11.1 Å². The lowest BCUT2D eigenvalue weighted by molar-refractivity contribution is 0.408. The van der Waals surface area contributed by atoms with Gasteiger partial charge in [0.25, 0.3) is 0 Å². The first-order valence-electron chi connectivity index (χ1n) is 3.88. The Kier molecular flexibility index (Phi) is 1.52. The Labute approximate surface area is 75.0 Å². The number of hydrogen-bond acceptors (Lipinski definition) is 3. The van der Waals surface area contributed by atoms with Crippen LogP contribution in [-0.2, 0) is 0 Å². The fourth-order valence-corrected chi connectivity index (χ4v) is 1.32. The zero-order chi connectivity index (χ0) is 9.42. The number of fused-ring (bicyclic) bond motifs is 1. The maximum Gasteiger partial charge on any atom is 0.165 e. The molecule has 0 aliphatic heterocycles. The zero-order valence-corrected chi connectivity index (χ0v) is 6.86. The molecule has 0 radical (unpaired) electrons. The maximum atomic E-state index is 9.46. The van der Waals surface area contributed by atoms with E-state index < -0.39 is 0 Å². The van der Waals surface area contributed by atoms with Crippen LogP contribution in [-0.4, -0.2) is 10.2 Å². The van der Waals surface area contributed by atoms with Crippen molar-refractivity contribution in [1.82, 2.24) is 0 Å². The van der Waals surface area contributed by atoms with Gasteiger partial charge in [-0.3, -0.25) is 0 Å². The van der Waals surface area contributed by atoms with Crippen LogP contribution in [0.3, 0.4) is 0 Å². The van der Waals surface area contributed by atoms with Gasteiger partial charge in [-0.15, -0.1) is 0 Å². The fourth-order valence-electron chi connectivity index (χ4n) is 1.32. The normalized spacial score (nSPS) is 10.5. The second-order valence-corrected chi connectivity index (χ2v) is 2.91. The predicted molar refractivity (Wildman–Crippen MR) is 51.7 cm³/mol. The summed E-state index contributed by atoms with van der Waals surface area (Å²) in [5.41, 5.74) is 6.20. The standard InChI is InChI=1S/C10H9NO2/c11-7-2-3-8-6(5-7)1-4-9(12)10(8)13/h1-5,12-13H,11H2. The van der Waals surface area contributed by atoms with Crippen molar-refractivity contribution in [2.75, 3.05) is 5.73 Å². The van der Waals surface area contributed by atoms with Crippen molar-refractivity contribution in [2.45, 2.75) is 0 Å². The quantitative estimate of drug-likeness (QED) is 0.422. The maximum absolute atomic E-state index is 9.46. The Balaban J connectivity index is 2.87. The van der Waals surface area contributed by atoms with Crippen LogP contribution >= 0.6 is 0 Å². The van der Waals surface area contributed by atoms with Crippen LogP contribution in [0.2, 0.25) is 0 Å². The Hall–Kier alpha value is -1.90. The van der Waals surface area contributed by atoms with Gasteiger partial charge < -0.3 is 15.9 Å². The lowest BCUT2D eigenvalue weighted by Gasteiger charge is -2.03. The monoisotopic (exact) mass is 175 g/mol. The highest BCUT2D eigenvalue weighted by Gasteiger charge is 2.04. The van der Waals surface area contributed by atoms with Crippen LogP contribution in [0.25, 0.3) is 10.8 Å². The summed E-state index contributed by atoms with van der Waals surface area (Å²) in [7, 11) is 0. The van der Waals surface area contributed by atoms with Gasteiger partial charge in [-0.25, -0.2) is 0 Å². The van der Waals surface area contributed by atoms with Crippen molar-refractivity contribution in [3.05, 3.63) is 30.3 Å². The molecule has 2 aromatic rings.